The first-order valence-electron chi connectivity index (χ1n) is 4.93. The number of likely N-dealkylation sites (N-methyl/N-ethyl adjacent to an activating group) is 1. The number of carbonyl (C=O) groups excluding carboxylic acids is 2. The maximum atomic E-state index is 12.0. The molecule has 0 aliphatic heterocycles. The van der Waals surface area contributed by atoms with E-state index in [1.54, 1.807) is 18.2 Å². The lowest BCUT2D eigenvalue weighted by Gasteiger charge is -2.17. The van der Waals surface area contributed by atoms with E-state index in [1.165, 1.54) is 19.1 Å². The molecule has 1 rings (SSSR count). The van der Waals surface area contributed by atoms with Crippen LogP contribution in [-0.2, 0) is 4.79 Å². The number of nitrogen functional groups attached to an aromatic ring is 1. The van der Waals surface area contributed by atoms with Crippen molar-refractivity contribution < 1.29 is 14.3 Å². The SMILES string of the molecule is COc1c(N)cccc1C(=O)N(C)CC(N)=O. The molecule has 0 saturated carbocycles. The van der Waals surface area contributed by atoms with Crippen LogP contribution in [0.5, 0.6) is 5.75 Å². The Morgan fingerprint density at radius 1 is 1.41 bits per heavy atom. The van der Waals surface area contributed by atoms with Gasteiger partial charge in [0.05, 0.1) is 24.9 Å². The molecule has 0 saturated heterocycles. The maximum absolute atomic E-state index is 12.0. The summed E-state index contributed by atoms with van der Waals surface area (Å²) in [7, 11) is 2.91. The van der Waals surface area contributed by atoms with Crippen LogP contribution in [0.1, 0.15) is 10.4 Å². The zero-order valence-corrected chi connectivity index (χ0v) is 9.77. The molecule has 0 spiro atoms. The minimum Gasteiger partial charge on any atom is -0.494 e. The molecule has 0 aliphatic rings. The third-order valence-electron chi connectivity index (χ3n) is 2.22. The summed E-state index contributed by atoms with van der Waals surface area (Å²) < 4.78 is 5.06. The highest BCUT2D eigenvalue weighted by Crippen LogP contribution is 2.26. The number of nitrogens with zero attached hydrogens (tertiary/aromatic N) is 1. The van der Waals surface area contributed by atoms with Crippen molar-refractivity contribution >= 4 is 17.5 Å². The summed E-state index contributed by atoms with van der Waals surface area (Å²) >= 11 is 0. The Kier molecular flexibility index (Phi) is 3.92. The van der Waals surface area contributed by atoms with Gasteiger partial charge in [0.25, 0.3) is 5.91 Å². The summed E-state index contributed by atoms with van der Waals surface area (Å²) in [6.45, 7) is -0.156. The quantitative estimate of drug-likeness (QED) is 0.710. The van der Waals surface area contributed by atoms with Gasteiger partial charge in [-0.3, -0.25) is 9.59 Å². The van der Waals surface area contributed by atoms with Crippen molar-refractivity contribution in [2.45, 2.75) is 0 Å². The molecule has 0 fully saturated rings. The van der Waals surface area contributed by atoms with Crippen LogP contribution in [0.15, 0.2) is 18.2 Å². The predicted molar refractivity (Wildman–Crippen MR) is 63.6 cm³/mol. The number of benzene rings is 1. The molecule has 0 aliphatic carbocycles. The number of amides is 2. The molecule has 6 heteroatoms. The minimum atomic E-state index is -0.580. The molecule has 0 bridgehead atoms. The highest BCUT2D eigenvalue weighted by molar-refractivity contribution is 6.00. The molecule has 1 aromatic carbocycles. The van der Waals surface area contributed by atoms with Crippen molar-refractivity contribution in [3.63, 3.8) is 0 Å². The number of primary amides is 1. The van der Waals surface area contributed by atoms with Gasteiger partial charge < -0.3 is 21.1 Å². The second-order valence-electron chi connectivity index (χ2n) is 3.56. The van der Waals surface area contributed by atoms with Gasteiger partial charge in [-0.2, -0.15) is 0 Å². The van der Waals surface area contributed by atoms with Crippen LogP contribution >= 0.6 is 0 Å². The van der Waals surface area contributed by atoms with Crippen LogP contribution in [0.3, 0.4) is 0 Å². The molecule has 0 atom stereocenters. The van der Waals surface area contributed by atoms with Crippen molar-refractivity contribution in [2.24, 2.45) is 5.73 Å². The molecule has 6 nitrogen and oxygen atoms in total. The molecule has 2 amide bonds. The highest BCUT2D eigenvalue weighted by Gasteiger charge is 2.19. The Morgan fingerprint density at radius 2 is 2.06 bits per heavy atom. The minimum absolute atomic E-state index is 0.156. The van der Waals surface area contributed by atoms with Gasteiger partial charge in [0.15, 0.2) is 5.75 Å². The summed E-state index contributed by atoms with van der Waals surface area (Å²) in [5.74, 6) is -0.648. The number of ether oxygens (including phenoxy) is 1. The first-order chi connectivity index (χ1) is 7.97. The molecule has 0 unspecified atom stereocenters. The fourth-order valence-electron chi connectivity index (χ4n) is 1.46. The molecule has 92 valence electrons. The Bertz CT molecular complexity index is 446. The van der Waals surface area contributed by atoms with Gasteiger partial charge in [0, 0.05) is 7.05 Å². The number of anilines is 1. The van der Waals surface area contributed by atoms with E-state index in [-0.39, 0.29) is 12.5 Å². The van der Waals surface area contributed by atoms with Gasteiger partial charge in [-0.15, -0.1) is 0 Å². The number of hydrogen-bond acceptors (Lipinski definition) is 4. The molecule has 0 radical (unpaired) electrons. The summed E-state index contributed by atoms with van der Waals surface area (Å²) in [6, 6.07) is 4.85. The Morgan fingerprint density at radius 3 is 2.59 bits per heavy atom. The van der Waals surface area contributed by atoms with E-state index in [0.29, 0.717) is 17.0 Å². The predicted octanol–water partition coefficient (Wildman–Crippen LogP) is -0.165. The van der Waals surface area contributed by atoms with Crippen LogP contribution in [0.4, 0.5) is 5.69 Å². The molecule has 1 aromatic rings. The van der Waals surface area contributed by atoms with E-state index in [0.717, 1.165) is 0 Å². The smallest absolute Gasteiger partial charge is 0.257 e. The number of methoxy groups -OCH3 is 1. The van der Waals surface area contributed by atoms with Gasteiger partial charge >= 0.3 is 0 Å². The fourth-order valence-corrected chi connectivity index (χ4v) is 1.46. The van der Waals surface area contributed by atoms with Crippen molar-refractivity contribution in [3.8, 4) is 5.75 Å². The number of hydrogen-bond donors (Lipinski definition) is 2. The van der Waals surface area contributed by atoms with Gasteiger partial charge in [-0.1, -0.05) is 6.07 Å². The third kappa shape index (κ3) is 2.87. The topological polar surface area (TPSA) is 98.7 Å². The summed E-state index contributed by atoms with van der Waals surface area (Å²) in [5.41, 5.74) is 11.4. The Balaban J connectivity index is 3.03. The molecule has 0 aromatic heterocycles. The standard InChI is InChI=1S/C11H15N3O3/c1-14(6-9(13)15)11(16)7-4-3-5-8(12)10(7)17-2/h3-5H,6,12H2,1-2H3,(H2,13,15). The van der Waals surface area contributed by atoms with E-state index < -0.39 is 5.91 Å². The second-order valence-corrected chi connectivity index (χ2v) is 3.56. The Hall–Kier alpha value is -2.24. The van der Waals surface area contributed by atoms with Crippen molar-refractivity contribution in [1.82, 2.24) is 4.90 Å². The van der Waals surface area contributed by atoms with Crippen molar-refractivity contribution in [2.75, 3.05) is 26.4 Å². The van der Waals surface area contributed by atoms with Crippen molar-refractivity contribution in [1.29, 1.82) is 0 Å². The van der Waals surface area contributed by atoms with Crippen LogP contribution in [-0.4, -0.2) is 37.4 Å². The van der Waals surface area contributed by atoms with Gasteiger partial charge in [0.1, 0.15) is 0 Å². The monoisotopic (exact) mass is 237 g/mol. The summed E-state index contributed by atoms with van der Waals surface area (Å²) in [4.78, 5) is 23.9. The number of para-hydroxylation sites is 1. The van der Waals surface area contributed by atoms with E-state index in [9.17, 15) is 9.59 Å². The number of carbonyl (C=O) groups is 2. The number of rotatable bonds is 4. The van der Waals surface area contributed by atoms with Crippen LogP contribution < -0.4 is 16.2 Å². The summed E-state index contributed by atoms with van der Waals surface area (Å²) in [6.07, 6.45) is 0. The van der Waals surface area contributed by atoms with E-state index >= 15 is 0 Å². The average molecular weight is 237 g/mol. The van der Waals surface area contributed by atoms with E-state index in [2.05, 4.69) is 0 Å². The number of nitrogens with two attached hydrogens (primary N) is 2. The van der Waals surface area contributed by atoms with Gasteiger partial charge in [-0.05, 0) is 12.1 Å². The van der Waals surface area contributed by atoms with Crippen LogP contribution in [0.2, 0.25) is 0 Å². The Labute approximate surface area is 99.1 Å². The molecule has 0 heterocycles. The molecule has 17 heavy (non-hydrogen) atoms. The lowest BCUT2D eigenvalue weighted by atomic mass is 10.1. The fraction of sp³-hybridized carbons (Fsp3) is 0.273. The molecule has 4 N–H and O–H groups in total. The lowest BCUT2D eigenvalue weighted by Crippen LogP contribution is -2.35. The van der Waals surface area contributed by atoms with Gasteiger partial charge in [0.2, 0.25) is 5.91 Å². The molecular weight excluding hydrogens is 222 g/mol. The zero-order chi connectivity index (χ0) is 13.0. The second kappa shape index (κ2) is 5.20. The first-order valence-corrected chi connectivity index (χ1v) is 4.93. The van der Waals surface area contributed by atoms with Crippen LogP contribution in [0, 0.1) is 0 Å². The largest absolute Gasteiger partial charge is 0.494 e. The zero-order valence-electron chi connectivity index (χ0n) is 9.77. The first kappa shape index (κ1) is 12.8. The van der Waals surface area contributed by atoms with E-state index in [4.69, 9.17) is 16.2 Å². The molecular formula is C11H15N3O3. The van der Waals surface area contributed by atoms with Crippen LogP contribution in [0.25, 0.3) is 0 Å². The third-order valence-corrected chi connectivity index (χ3v) is 2.22. The maximum Gasteiger partial charge on any atom is 0.257 e. The average Bonchev–Trinajstić information content (AvgIpc) is 2.26. The summed E-state index contributed by atoms with van der Waals surface area (Å²) in [5, 5.41) is 0. The lowest BCUT2D eigenvalue weighted by molar-refractivity contribution is -0.118. The van der Waals surface area contributed by atoms with E-state index in [1.807, 2.05) is 0 Å². The highest BCUT2D eigenvalue weighted by atomic mass is 16.5. The van der Waals surface area contributed by atoms with Gasteiger partial charge in [-0.25, -0.2) is 0 Å². The van der Waals surface area contributed by atoms with Crippen molar-refractivity contribution in [3.05, 3.63) is 23.8 Å². The normalized spacial score (nSPS) is 9.76.